The molecule has 0 aliphatic heterocycles. The maximum absolute atomic E-state index is 12.1. The molecule has 1 aromatic carbocycles. The molecule has 0 amide bonds. The molecule has 22 heavy (non-hydrogen) atoms. The van der Waals surface area contributed by atoms with Crippen LogP contribution in [0.4, 0.5) is 0 Å². The summed E-state index contributed by atoms with van der Waals surface area (Å²) in [6.07, 6.45) is 3.24. The Morgan fingerprint density at radius 3 is 2.82 bits per heavy atom. The summed E-state index contributed by atoms with van der Waals surface area (Å²) in [5.74, 6) is 0.103. The maximum atomic E-state index is 12.1. The molecule has 1 atom stereocenters. The van der Waals surface area contributed by atoms with Crippen LogP contribution in [0.3, 0.4) is 0 Å². The van der Waals surface area contributed by atoms with Crippen LogP contribution in [0, 0.1) is 5.92 Å². The fraction of sp³-hybridized carbons (Fsp3) is 0.333. The second-order valence-corrected chi connectivity index (χ2v) is 6.91. The Kier molecular flexibility index (Phi) is 4.39. The molecular formula is C18H18O3S. The van der Waals surface area contributed by atoms with E-state index in [1.165, 1.54) is 28.2 Å². The van der Waals surface area contributed by atoms with Crippen LogP contribution >= 0.6 is 11.3 Å². The zero-order valence-electron chi connectivity index (χ0n) is 12.5. The molecular weight excluding hydrogens is 296 g/mol. The number of carbonyl (C=O) groups is 2. The molecule has 0 saturated carbocycles. The molecule has 114 valence electrons. The number of carbonyl (C=O) groups excluding carboxylic acids is 2. The summed E-state index contributed by atoms with van der Waals surface area (Å²) in [6.45, 7) is 2.03. The second-order valence-electron chi connectivity index (χ2n) is 5.77. The van der Waals surface area contributed by atoms with E-state index in [1.807, 2.05) is 12.1 Å². The van der Waals surface area contributed by atoms with Gasteiger partial charge in [0.25, 0.3) is 0 Å². The minimum atomic E-state index is -0.392. The molecule has 1 heterocycles. The number of benzene rings is 1. The SMILES string of the molecule is C[C@@H]1CCc2sc(C(=O)OCC(=O)c3ccccc3)cc2C1. The standard InChI is InChI=1S/C18H18O3S/c1-12-7-8-16-14(9-12)10-17(22-16)18(20)21-11-15(19)13-5-3-2-4-6-13/h2-6,10,12H,7-9,11H2,1H3/t12-/m1/s1. The van der Waals surface area contributed by atoms with Crippen LogP contribution in [-0.4, -0.2) is 18.4 Å². The van der Waals surface area contributed by atoms with Crippen molar-refractivity contribution in [3.05, 3.63) is 57.3 Å². The topological polar surface area (TPSA) is 43.4 Å². The minimum Gasteiger partial charge on any atom is -0.453 e. The van der Waals surface area contributed by atoms with Gasteiger partial charge in [-0.15, -0.1) is 11.3 Å². The second kappa shape index (κ2) is 6.44. The van der Waals surface area contributed by atoms with E-state index in [-0.39, 0.29) is 12.4 Å². The van der Waals surface area contributed by atoms with Gasteiger partial charge in [-0.05, 0) is 36.8 Å². The predicted molar refractivity (Wildman–Crippen MR) is 86.6 cm³/mol. The quantitative estimate of drug-likeness (QED) is 0.635. The molecule has 0 spiro atoms. The minimum absolute atomic E-state index is 0.177. The normalized spacial score (nSPS) is 16.9. The Balaban J connectivity index is 1.62. The predicted octanol–water partition coefficient (Wildman–Crippen LogP) is 3.91. The van der Waals surface area contributed by atoms with E-state index in [9.17, 15) is 9.59 Å². The fourth-order valence-electron chi connectivity index (χ4n) is 2.72. The zero-order valence-corrected chi connectivity index (χ0v) is 13.3. The number of thiophene rings is 1. The van der Waals surface area contributed by atoms with Crippen LogP contribution in [0.25, 0.3) is 0 Å². The number of esters is 1. The molecule has 4 heteroatoms. The zero-order chi connectivity index (χ0) is 15.5. The van der Waals surface area contributed by atoms with Gasteiger partial charge >= 0.3 is 5.97 Å². The van der Waals surface area contributed by atoms with Crippen molar-refractivity contribution in [3.8, 4) is 0 Å². The number of ketones is 1. The largest absolute Gasteiger partial charge is 0.453 e. The molecule has 0 bridgehead atoms. The number of hydrogen-bond acceptors (Lipinski definition) is 4. The maximum Gasteiger partial charge on any atom is 0.348 e. The monoisotopic (exact) mass is 314 g/mol. The van der Waals surface area contributed by atoms with E-state index in [1.54, 1.807) is 24.3 Å². The molecule has 3 rings (SSSR count). The van der Waals surface area contributed by atoms with Gasteiger partial charge in [0.05, 0.1) is 0 Å². The third kappa shape index (κ3) is 3.28. The lowest BCUT2D eigenvalue weighted by Crippen LogP contribution is -2.13. The van der Waals surface area contributed by atoms with Crippen LogP contribution < -0.4 is 0 Å². The van der Waals surface area contributed by atoms with Crippen molar-refractivity contribution < 1.29 is 14.3 Å². The molecule has 0 unspecified atom stereocenters. The van der Waals surface area contributed by atoms with Crippen molar-refractivity contribution in [1.29, 1.82) is 0 Å². The number of fused-ring (bicyclic) bond motifs is 1. The highest BCUT2D eigenvalue weighted by Crippen LogP contribution is 2.32. The van der Waals surface area contributed by atoms with Gasteiger partial charge in [0, 0.05) is 10.4 Å². The first-order valence-corrected chi connectivity index (χ1v) is 8.32. The lowest BCUT2D eigenvalue weighted by molar-refractivity contribution is 0.0479. The molecule has 1 aliphatic carbocycles. The lowest BCUT2D eigenvalue weighted by Gasteiger charge is -2.16. The van der Waals surface area contributed by atoms with E-state index in [4.69, 9.17) is 4.74 Å². The van der Waals surface area contributed by atoms with E-state index >= 15 is 0 Å². The number of Topliss-reactive ketones (excluding diaryl/α,β-unsaturated/α-hetero) is 1. The highest BCUT2D eigenvalue weighted by Gasteiger charge is 2.21. The summed E-state index contributed by atoms with van der Waals surface area (Å²) >= 11 is 1.51. The van der Waals surface area contributed by atoms with E-state index in [2.05, 4.69) is 6.92 Å². The van der Waals surface area contributed by atoms with Gasteiger partial charge in [0.2, 0.25) is 0 Å². The molecule has 0 radical (unpaired) electrons. The Hall–Kier alpha value is -1.94. The number of aryl methyl sites for hydroxylation is 1. The lowest BCUT2D eigenvalue weighted by atomic mass is 9.90. The van der Waals surface area contributed by atoms with Crippen molar-refractivity contribution in [1.82, 2.24) is 0 Å². The summed E-state index contributed by atoms with van der Waals surface area (Å²) in [5.41, 5.74) is 1.83. The molecule has 0 saturated heterocycles. The fourth-order valence-corrected chi connectivity index (χ4v) is 3.82. The molecule has 3 nitrogen and oxygen atoms in total. The first-order valence-electron chi connectivity index (χ1n) is 7.50. The van der Waals surface area contributed by atoms with Crippen LogP contribution in [0.2, 0.25) is 0 Å². The molecule has 0 fully saturated rings. The Morgan fingerprint density at radius 1 is 1.27 bits per heavy atom. The third-order valence-corrected chi connectivity index (χ3v) is 5.18. The van der Waals surface area contributed by atoms with Crippen molar-refractivity contribution in [2.75, 3.05) is 6.61 Å². The Labute approximate surface area is 133 Å². The summed E-state index contributed by atoms with van der Waals surface area (Å²) in [7, 11) is 0. The number of ether oxygens (including phenoxy) is 1. The van der Waals surface area contributed by atoms with Gasteiger partial charge < -0.3 is 4.74 Å². The van der Waals surface area contributed by atoms with Gasteiger partial charge in [-0.2, -0.15) is 0 Å². The summed E-state index contributed by atoms with van der Waals surface area (Å²) in [5, 5.41) is 0. The van der Waals surface area contributed by atoms with Crippen molar-refractivity contribution >= 4 is 23.1 Å². The molecule has 2 aromatic rings. The highest BCUT2D eigenvalue weighted by molar-refractivity contribution is 7.14. The Morgan fingerprint density at radius 2 is 2.05 bits per heavy atom. The van der Waals surface area contributed by atoms with Crippen LogP contribution in [-0.2, 0) is 17.6 Å². The van der Waals surface area contributed by atoms with Gasteiger partial charge in [-0.1, -0.05) is 37.3 Å². The van der Waals surface area contributed by atoms with Crippen molar-refractivity contribution in [2.24, 2.45) is 5.92 Å². The summed E-state index contributed by atoms with van der Waals surface area (Å²) in [6, 6.07) is 10.8. The smallest absolute Gasteiger partial charge is 0.348 e. The molecule has 0 N–H and O–H groups in total. The highest BCUT2D eigenvalue weighted by atomic mass is 32.1. The summed E-state index contributed by atoms with van der Waals surface area (Å²) < 4.78 is 5.17. The average Bonchev–Trinajstić information content (AvgIpc) is 2.96. The van der Waals surface area contributed by atoms with E-state index in [0.717, 1.165) is 12.8 Å². The van der Waals surface area contributed by atoms with Gasteiger partial charge in [0.15, 0.2) is 12.4 Å². The van der Waals surface area contributed by atoms with Crippen LogP contribution in [0.15, 0.2) is 36.4 Å². The van der Waals surface area contributed by atoms with Crippen LogP contribution in [0.5, 0.6) is 0 Å². The first-order chi connectivity index (χ1) is 10.6. The number of hydrogen-bond donors (Lipinski definition) is 0. The van der Waals surface area contributed by atoms with Gasteiger partial charge in [-0.25, -0.2) is 4.79 Å². The van der Waals surface area contributed by atoms with Crippen molar-refractivity contribution in [3.63, 3.8) is 0 Å². The van der Waals surface area contributed by atoms with Gasteiger partial charge in [-0.3, -0.25) is 4.79 Å². The first kappa shape index (κ1) is 15.0. The Bertz CT molecular complexity index is 688. The van der Waals surface area contributed by atoms with Gasteiger partial charge in [0.1, 0.15) is 4.88 Å². The van der Waals surface area contributed by atoms with E-state index < -0.39 is 5.97 Å². The van der Waals surface area contributed by atoms with Crippen molar-refractivity contribution in [2.45, 2.75) is 26.2 Å². The average molecular weight is 314 g/mol. The number of rotatable bonds is 4. The molecule has 1 aromatic heterocycles. The summed E-state index contributed by atoms with van der Waals surface area (Å²) in [4.78, 5) is 26.0. The third-order valence-electron chi connectivity index (χ3n) is 3.96. The van der Waals surface area contributed by atoms with E-state index in [0.29, 0.717) is 16.4 Å². The molecule has 1 aliphatic rings. The van der Waals surface area contributed by atoms with Crippen LogP contribution in [0.1, 0.15) is 43.8 Å².